The van der Waals surface area contributed by atoms with Crippen molar-refractivity contribution in [3.05, 3.63) is 93.5 Å². The van der Waals surface area contributed by atoms with Gasteiger partial charge in [0.25, 0.3) is 11.8 Å². The van der Waals surface area contributed by atoms with E-state index in [0.29, 0.717) is 17.7 Å². The highest BCUT2D eigenvalue weighted by molar-refractivity contribution is 9.10. The topological polar surface area (TPSA) is 40.6 Å². The highest BCUT2D eigenvalue weighted by Gasteiger charge is 2.34. The Kier molecular flexibility index (Phi) is 6.32. The summed E-state index contributed by atoms with van der Waals surface area (Å²) in [5.74, 6) is -0.306. The number of nitrogens with zero attached hydrogens (tertiary/aromatic N) is 2. The van der Waals surface area contributed by atoms with E-state index >= 15 is 0 Å². The number of hydrogen-bond donors (Lipinski definition) is 0. The summed E-state index contributed by atoms with van der Waals surface area (Å²) in [7, 11) is 0. The molecule has 0 fully saturated rings. The molecule has 0 unspecified atom stereocenters. The number of amides is 2. The van der Waals surface area contributed by atoms with Crippen LogP contribution < -0.4 is 4.90 Å². The van der Waals surface area contributed by atoms with Crippen LogP contribution >= 0.6 is 15.9 Å². The van der Waals surface area contributed by atoms with Gasteiger partial charge in [0.15, 0.2) is 0 Å². The molecule has 3 aromatic rings. The van der Waals surface area contributed by atoms with E-state index in [-0.39, 0.29) is 11.8 Å². The summed E-state index contributed by atoms with van der Waals surface area (Å²) in [5, 5.41) is 0. The van der Waals surface area contributed by atoms with Gasteiger partial charge >= 0.3 is 0 Å². The largest absolute Gasteiger partial charge is 0.341 e. The van der Waals surface area contributed by atoms with Crippen molar-refractivity contribution in [3.63, 3.8) is 0 Å². The maximum absolute atomic E-state index is 12.5. The lowest BCUT2D eigenvalue weighted by Crippen LogP contribution is -2.30. The number of unbranched alkanes of at least 4 members (excludes halogenated alkanes) is 3. The van der Waals surface area contributed by atoms with E-state index in [1.165, 1.54) is 27.4 Å². The van der Waals surface area contributed by atoms with Crippen LogP contribution in [0, 0.1) is 0 Å². The number of carbonyl (C=O) groups is 2. The second kappa shape index (κ2) is 9.52. The van der Waals surface area contributed by atoms with Crippen LogP contribution in [0.25, 0.3) is 0 Å². The van der Waals surface area contributed by atoms with E-state index in [1.54, 1.807) is 12.1 Å². The Morgan fingerprint density at radius 1 is 0.636 bits per heavy atom. The van der Waals surface area contributed by atoms with Crippen molar-refractivity contribution in [2.24, 2.45) is 0 Å². The molecule has 168 valence electrons. The number of anilines is 2. The highest BCUT2D eigenvalue weighted by atomic mass is 79.9. The average molecular weight is 503 g/mol. The lowest BCUT2D eigenvalue weighted by Gasteiger charge is -2.27. The minimum Gasteiger partial charge on any atom is -0.341 e. The summed E-state index contributed by atoms with van der Waals surface area (Å²) < 4.78 is 1.13. The molecule has 0 saturated carbocycles. The van der Waals surface area contributed by atoms with Gasteiger partial charge in [0.1, 0.15) is 0 Å². The summed E-state index contributed by atoms with van der Waals surface area (Å²) in [4.78, 5) is 28.9. The molecule has 0 bridgehead atoms. The average Bonchev–Trinajstić information content (AvgIpc) is 2.98. The van der Waals surface area contributed by atoms with E-state index < -0.39 is 0 Å². The predicted molar refractivity (Wildman–Crippen MR) is 135 cm³/mol. The van der Waals surface area contributed by atoms with Gasteiger partial charge in [0, 0.05) is 28.9 Å². The minimum absolute atomic E-state index is 0.153. The van der Waals surface area contributed by atoms with Crippen LogP contribution in [0.2, 0.25) is 0 Å². The normalized spacial score (nSPS) is 14.7. The first kappa shape index (κ1) is 21.9. The molecule has 2 heterocycles. The Hall–Kier alpha value is -2.92. The molecule has 0 aromatic heterocycles. The van der Waals surface area contributed by atoms with E-state index in [9.17, 15) is 9.59 Å². The number of benzene rings is 3. The summed E-state index contributed by atoms with van der Waals surface area (Å²) >= 11 is 3.63. The molecule has 2 aliphatic heterocycles. The molecule has 0 aliphatic carbocycles. The van der Waals surface area contributed by atoms with Crippen molar-refractivity contribution in [2.45, 2.75) is 38.5 Å². The molecule has 0 saturated heterocycles. The van der Waals surface area contributed by atoms with Crippen LogP contribution in [0.15, 0.2) is 71.2 Å². The third-order valence-electron chi connectivity index (χ3n) is 6.67. The Morgan fingerprint density at radius 3 is 1.94 bits per heavy atom. The fourth-order valence-electron chi connectivity index (χ4n) is 4.98. The van der Waals surface area contributed by atoms with E-state index in [4.69, 9.17) is 0 Å². The number of para-hydroxylation sites is 1. The molecule has 4 nitrogen and oxygen atoms in total. The third kappa shape index (κ3) is 4.34. The number of hydrogen-bond acceptors (Lipinski definition) is 3. The molecule has 0 radical (unpaired) electrons. The van der Waals surface area contributed by atoms with Crippen LogP contribution in [0.5, 0.6) is 0 Å². The second-order valence-electron chi connectivity index (χ2n) is 8.78. The van der Waals surface area contributed by atoms with Crippen LogP contribution in [-0.4, -0.2) is 29.8 Å². The molecule has 3 aromatic carbocycles. The predicted octanol–water partition coefficient (Wildman–Crippen LogP) is 6.54. The first-order chi connectivity index (χ1) is 16.1. The Morgan fingerprint density at radius 2 is 1.21 bits per heavy atom. The molecule has 0 N–H and O–H groups in total. The number of rotatable bonds is 7. The fourth-order valence-corrected chi connectivity index (χ4v) is 5.39. The third-order valence-corrected chi connectivity index (χ3v) is 7.16. The van der Waals surface area contributed by atoms with Gasteiger partial charge in [0.2, 0.25) is 0 Å². The molecule has 2 amide bonds. The first-order valence-corrected chi connectivity index (χ1v) is 12.5. The van der Waals surface area contributed by atoms with Crippen molar-refractivity contribution in [1.82, 2.24) is 4.90 Å². The second-order valence-corrected chi connectivity index (χ2v) is 9.69. The summed E-state index contributed by atoms with van der Waals surface area (Å²) in [6.07, 6.45) is 6.06. The van der Waals surface area contributed by atoms with Crippen LogP contribution in [0.3, 0.4) is 0 Å². The van der Waals surface area contributed by atoms with Crippen molar-refractivity contribution in [3.8, 4) is 0 Å². The van der Waals surface area contributed by atoms with Gasteiger partial charge in [0.05, 0.1) is 11.1 Å². The molecule has 5 heteroatoms. The van der Waals surface area contributed by atoms with Crippen molar-refractivity contribution in [2.75, 3.05) is 18.0 Å². The van der Waals surface area contributed by atoms with E-state index in [0.717, 1.165) is 49.5 Å². The van der Waals surface area contributed by atoms with Crippen molar-refractivity contribution >= 4 is 39.1 Å². The standard InChI is InChI=1S/C28H27BrN2O2/c29-22-15-16-26-21(19-22)14-13-20-9-3-6-12-25(20)30(26)17-7-1-2-8-18-31-27(32)23-10-4-5-11-24(23)28(31)33/h3-6,9-12,15-16,19H,1-2,7-8,13-14,17-18H2. The molecule has 0 spiro atoms. The highest BCUT2D eigenvalue weighted by Crippen LogP contribution is 2.37. The van der Waals surface area contributed by atoms with Crippen LogP contribution in [0.4, 0.5) is 11.4 Å². The lowest BCUT2D eigenvalue weighted by molar-refractivity contribution is 0.0651. The number of halogens is 1. The van der Waals surface area contributed by atoms with Gasteiger partial charge in [-0.1, -0.05) is 59.1 Å². The molecular weight excluding hydrogens is 476 g/mol. The summed E-state index contributed by atoms with van der Waals surface area (Å²) in [6.45, 7) is 1.45. The summed E-state index contributed by atoms with van der Waals surface area (Å²) in [6, 6.07) is 22.4. The first-order valence-electron chi connectivity index (χ1n) is 11.7. The molecule has 5 rings (SSSR count). The fraction of sp³-hybridized carbons (Fsp3) is 0.286. The maximum Gasteiger partial charge on any atom is 0.261 e. The van der Waals surface area contributed by atoms with Crippen LogP contribution in [0.1, 0.15) is 57.5 Å². The number of fused-ring (bicyclic) bond motifs is 3. The number of imide groups is 1. The van der Waals surface area contributed by atoms with Gasteiger partial charge in [-0.2, -0.15) is 0 Å². The zero-order chi connectivity index (χ0) is 22.8. The molecular formula is C28H27BrN2O2. The van der Waals surface area contributed by atoms with Gasteiger partial charge in [-0.3, -0.25) is 14.5 Å². The van der Waals surface area contributed by atoms with Gasteiger partial charge < -0.3 is 4.90 Å². The number of aryl methyl sites for hydroxylation is 2. The Balaban J connectivity index is 1.18. The SMILES string of the molecule is O=C1c2ccccc2C(=O)N1CCCCCCN1c2ccccc2CCc2cc(Br)ccc21. The monoisotopic (exact) mass is 502 g/mol. The maximum atomic E-state index is 12.5. The molecule has 0 atom stereocenters. The lowest BCUT2D eigenvalue weighted by atomic mass is 10.0. The Bertz CT molecular complexity index is 1170. The van der Waals surface area contributed by atoms with Crippen molar-refractivity contribution in [1.29, 1.82) is 0 Å². The van der Waals surface area contributed by atoms with Gasteiger partial charge in [-0.25, -0.2) is 0 Å². The van der Waals surface area contributed by atoms with Crippen molar-refractivity contribution < 1.29 is 9.59 Å². The smallest absolute Gasteiger partial charge is 0.261 e. The van der Waals surface area contributed by atoms with Gasteiger partial charge in [-0.05, 0) is 73.2 Å². The van der Waals surface area contributed by atoms with Gasteiger partial charge in [-0.15, -0.1) is 0 Å². The summed E-state index contributed by atoms with van der Waals surface area (Å²) in [5.41, 5.74) is 6.46. The minimum atomic E-state index is -0.153. The van der Waals surface area contributed by atoms with Crippen LogP contribution in [-0.2, 0) is 12.8 Å². The number of carbonyl (C=O) groups excluding carboxylic acids is 2. The molecule has 33 heavy (non-hydrogen) atoms. The van der Waals surface area contributed by atoms with E-state index in [1.807, 2.05) is 12.1 Å². The molecule has 2 aliphatic rings. The Labute approximate surface area is 203 Å². The zero-order valence-electron chi connectivity index (χ0n) is 18.6. The zero-order valence-corrected chi connectivity index (χ0v) is 20.2. The quantitative estimate of drug-likeness (QED) is 0.272. The van der Waals surface area contributed by atoms with E-state index in [2.05, 4.69) is 63.3 Å².